The molecule has 112 valence electrons. The zero-order chi connectivity index (χ0) is 14.7. The number of nitrogens with two attached hydrogens (primary N) is 1. The molecule has 1 fully saturated rings. The van der Waals surface area contributed by atoms with Gasteiger partial charge in [-0.2, -0.15) is 16.7 Å². The number of thioether (sulfide) groups is 1. The standard InChI is InChI=1S/C14H17N3O3S/c1-18-13-10(14-16-12(7-15)20-17-14)3-2-4-11(13)19-9-5-6-21-8-9/h2-4,9H,5-8,15H2,1H3. The van der Waals surface area contributed by atoms with Crippen molar-refractivity contribution in [3.63, 3.8) is 0 Å². The Morgan fingerprint density at radius 1 is 1.48 bits per heavy atom. The van der Waals surface area contributed by atoms with Gasteiger partial charge in [0.2, 0.25) is 11.7 Å². The summed E-state index contributed by atoms with van der Waals surface area (Å²) in [5, 5.41) is 3.93. The van der Waals surface area contributed by atoms with E-state index in [0.29, 0.717) is 23.2 Å². The van der Waals surface area contributed by atoms with Crippen LogP contribution in [0.25, 0.3) is 11.4 Å². The molecule has 2 aromatic rings. The van der Waals surface area contributed by atoms with Gasteiger partial charge >= 0.3 is 0 Å². The Hall–Kier alpha value is -1.73. The minimum Gasteiger partial charge on any atom is -0.492 e. The third kappa shape index (κ3) is 2.98. The molecule has 0 saturated carbocycles. The number of aromatic nitrogens is 2. The first kappa shape index (κ1) is 14.2. The number of para-hydroxylation sites is 1. The maximum atomic E-state index is 6.04. The zero-order valence-electron chi connectivity index (χ0n) is 11.7. The van der Waals surface area contributed by atoms with Crippen molar-refractivity contribution in [1.29, 1.82) is 0 Å². The Labute approximate surface area is 127 Å². The summed E-state index contributed by atoms with van der Waals surface area (Å²) >= 11 is 1.90. The molecule has 1 saturated heterocycles. The highest BCUT2D eigenvalue weighted by molar-refractivity contribution is 7.99. The van der Waals surface area contributed by atoms with Gasteiger partial charge in [0.15, 0.2) is 11.5 Å². The lowest BCUT2D eigenvalue weighted by atomic mass is 10.1. The van der Waals surface area contributed by atoms with Gasteiger partial charge in [0.05, 0.1) is 19.2 Å². The maximum absolute atomic E-state index is 6.04. The van der Waals surface area contributed by atoms with Crippen molar-refractivity contribution in [1.82, 2.24) is 10.1 Å². The normalized spacial score (nSPS) is 17.9. The van der Waals surface area contributed by atoms with Gasteiger partial charge in [-0.3, -0.25) is 0 Å². The number of nitrogens with zero attached hydrogens (tertiary/aromatic N) is 2. The molecule has 0 aliphatic carbocycles. The molecule has 1 unspecified atom stereocenters. The fourth-order valence-corrected chi connectivity index (χ4v) is 3.32. The zero-order valence-corrected chi connectivity index (χ0v) is 12.6. The molecule has 2 heterocycles. The lowest BCUT2D eigenvalue weighted by molar-refractivity contribution is 0.219. The molecule has 6 nitrogen and oxygen atoms in total. The molecule has 0 spiro atoms. The SMILES string of the molecule is COc1c(OC2CCSC2)cccc1-c1noc(CN)n1. The summed E-state index contributed by atoms with van der Waals surface area (Å²) in [6.45, 7) is 0.213. The second-order valence-electron chi connectivity index (χ2n) is 4.66. The average Bonchev–Trinajstić information content (AvgIpc) is 3.18. The smallest absolute Gasteiger partial charge is 0.240 e. The predicted octanol–water partition coefficient (Wildman–Crippen LogP) is 2.09. The van der Waals surface area contributed by atoms with Gasteiger partial charge in [0.1, 0.15) is 6.10 Å². The Morgan fingerprint density at radius 3 is 3.05 bits per heavy atom. The molecule has 7 heteroatoms. The van der Waals surface area contributed by atoms with Crippen molar-refractivity contribution in [3.05, 3.63) is 24.1 Å². The highest BCUT2D eigenvalue weighted by Gasteiger charge is 2.21. The average molecular weight is 307 g/mol. The van der Waals surface area contributed by atoms with E-state index in [9.17, 15) is 0 Å². The van der Waals surface area contributed by atoms with Crippen LogP contribution in [0.3, 0.4) is 0 Å². The van der Waals surface area contributed by atoms with Crippen LogP contribution < -0.4 is 15.2 Å². The number of benzene rings is 1. The van der Waals surface area contributed by atoms with Crippen molar-refractivity contribution >= 4 is 11.8 Å². The number of rotatable bonds is 5. The van der Waals surface area contributed by atoms with Gasteiger partial charge in [-0.1, -0.05) is 11.2 Å². The molecule has 2 N–H and O–H groups in total. The van der Waals surface area contributed by atoms with Gasteiger partial charge in [0, 0.05) is 5.75 Å². The Bertz CT molecular complexity index is 611. The van der Waals surface area contributed by atoms with E-state index in [1.807, 2.05) is 30.0 Å². The summed E-state index contributed by atoms with van der Waals surface area (Å²) in [5.74, 6) is 4.33. The number of hydrogen-bond acceptors (Lipinski definition) is 7. The quantitative estimate of drug-likeness (QED) is 0.905. The van der Waals surface area contributed by atoms with E-state index in [4.69, 9.17) is 19.7 Å². The van der Waals surface area contributed by atoms with Crippen molar-refractivity contribution in [3.8, 4) is 22.9 Å². The summed E-state index contributed by atoms with van der Waals surface area (Å²) in [5.41, 5.74) is 6.24. The summed E-state index contributed by atoms with van der Waals surface area (Å²) in [7, 11) is 1.61. The van der Waals surface area contributed by atoms with Crippen molar-refractivity contribution in [2.24, 2.45) is 5.73 Å². The van der Waals surface area contributed by atoms with Crippen LogP contribution >= 0.6 is 11.8 Å². The molecule has 0 bridgehead atoms. The van der Waals surface area contributed by atoms with Crippen LogP contribution in [-0.2, 0) is 6.54 Å². The van der Waals surface area contributed by atoms with Crippen LogP contribution in [0.4, 0.5) is 0 Å². The second kappa shape index (κ2) is 6.36. The van der Waals surface area contributed by atoms with Gasteiger partial charge in [0.25, 0.3) is 0 Å². The van der Waals surface area contributed by atoms with Crippen LogP contribution in [0.15, 0.2) is 22.7 Å². The Balaban J connectivity index is 1.92. The third-order valence-corrected chi connectivity index (χ3v) is 4.38. The first-order valence-electron chi connectivity index (χ1n) is 6.76. The van der Waals surface area contributed by atoms with E-state index >= 15 is 0 Å². The maximum Gasteiger partial charge on any atom is 0.240 e. The predicted molar refractivity (Wildman–Crippen MR) is 80.5 cm³/mol. The van der Waals surface area contributed by atoms with E-state index in [-0.39, 0.29) is 12.6 Å². The third-order valence-electron chi connectivity index (χ3n) is 3.25. The molecular formula is C14H17N3O3S. The Kier molecular flexibility index (Phi) is 4.31. The largest absolute Gasteiger partial charge is 0.492 e. The summed E-state index contributed by atoms with van der Waals surface area (Å²) < 4.78 is 16.6. The van der Waals surface area contributed by atoms with Crippen LogP contribution in [0.1, 0.15) is 12.3 Å². The minimum atomic E-state index is 0.213. The topological polar surface area (TPSA) is 83.4 Å². The monoisotopic (exact) mass is 307 g/mol. The Morgan fingerprint density at radius 2 is 2.38 bits per heavy atom. The molecule has 0 amide bonds. The van der Waals surface area contributed by atoms with Crippen LogP contribution in [-0.4, -0.2) is 34.9 Å². The highest BCUT2D eigenvalue weighted by atomic mass is 32.2. The van der Waals surface area contributed by atoms with E-state index in [1.54, 1.807) is 7.11 Å². The molecule has 3 rings (SSSR count). The van der Waals surface area contributed by atoms with E-state index in [1.165, 1.54) is 0 Å². The molecule has 1 aromatic carbocycles. The number of ether oxygens (including phenoxy) is 2. The molecule has 1 aromatic heterocycles. The van der Waals surface area contributed by atoms with Crippen LogP contribution in [0, 0.1) is 0 Å². The van der Waals surface area contributed by atoms with E-state index < -0.39 is 0 Å². The highest BCUT2D eigenvalue weighted by Crippen LogP contribution is 2.38. The van der Waals surface area contributed by atoms with Gasteiger partial charge < -0.3 is 19.7 Å². The summed E-state index contributed by atoms with van der Waals surface area (Å²) in [6.07, 6.45) is 1.28. The lowest BCUT2D eigenvalue weighted by Gasteiger charge is -2.16. The van der Waals surface area contributed by atoms with E-state index in [2.05, 4.69) is 10.1 Å². The fourth-order valence-electron chi connectivity index (χ4n) is 2.23. The van der Waals surface area contributed by atoms with E-state index in [0.717, 1.165) is 23.5 Å². The fraction of sp³-hybridized carbons (Fsp3) is 0.429. The van der Waals surface area contributed by atoms with Crippen molar-refractivity contribution in [2.45, 2.75) is 19.1 Å². The van der Waals surface area contributed by atoms with Crippen LogP contribution in [0.5, 0.6) is 11.5 Å². The molecule has 1 aliphatic rings. The second-order valence-corrected chi connectivity index (χ2v) is 5.81. The molecular weight excluding hydrogens is 290 g/mol. The molecule has 1 aliphatic heterocycles. The van der Waals surface area contributed by atoms with Crippen molar-refractivity contribution < 1.29 is 14.0 Å². The summed E-state index contributed by atoms with van der Waals surface area (Å²) in [4.78, 5) is 4.24. The first-order valence-corrected chi connectivity index (χ1v) is 7.91. The number of hydrogen-bond donors (Lipinski definition) is 1. The van der Waals surface area contributed by atoms with Gasteiger partial charge in [-0.25, -0.2) is 0 Å². The lowest BCUT2D eigenvalue weighted by Crippen LogP contribution is -2.15. The van der Waals surface area contributed by atoms with Crippen molar-refractivity contribution in [2.75, 3.05) is 18.6 Å². The first-order chi connectivity index (χ1) is 10.3. The van der Waals surface area contributed by atoms with Gasteiger partial charge in [-0.05, 0) is 24.3 Å². The molecule has 21 heavy (non-hydrogen) atoms. The number of methoxy groups -OCH3 is 1. The molecule has 1 atom stereocenters. The van der Waals surface area contributed by atoms with Gasteiger partial charge in [-0.15, -0.1) is 0 Å². The summed E-state index contributed by atoms with van der Waals surface area (Å²) in [6, 6.07) is 5.67. The van der Waals surface area contributed by atoms with Crippen LogP contribution in [0.2, 0.25) is 0 Å². The molecule has 0 radical (unpaired) electrons. The minimum absolute atomic E-state index is 0.213.